The van der Waals surface area contributed by atoms with Crippen molar-refractivity contribution in [2.24, 2.45) is 0 Å². The maximum atomic E-state index is 13.2. The lowest BCUT2D eigenvalue weighted by molar-refractivity contribution is -0.122. The molecule has 3 aromatic carbocycles. The number of hydrogen-bond donors (Lipinski definition) is 1. The van der Waals surface area contributed by atoms with E-state index < -0.39 is 0 Å². The van der Waals surface area contributed by atoms with Crippen LogP contribution in [0.2, 0.25) is 0 Å². The molecule has 0 radical (unpaired) electrons. The molecule has 3 nitrogen and oxygen atoms in total. The topological polar surface area (TPSA) is 38.3 Å². The highest BCUT2D eigenvalue weighted by atomic mass is 16.5. The third kappa shape index (κ3) is 4.56. The van der Waals surface area contributed by atoms with Gasteiger partial charge in [-0.25, -0.2) is 0 Å². The van der Waals surface area contributed by atoms with Crippen molar-refractivity contribution in [2.45, 2.75) is 51.2 Å². The Bertz CT molecular complexity index is 972. The highest BCUT2D eigenvalue weighted by Gasteiger charge is 2.35. The molecule has 154 valence electrons. The molecule has 3 aromatic rings. The summed E-state index contributed by atoms with van der Waals surface area (Å²) >= 11 is 0. The van der Waals surface area contributed by atoms with E-state index in [0.29, 0.717) is 6.42 Å². The van der Waals surface area contributed by atoms with Crippen molar-refractivity contribution in [2.75, 3.05) is 0 Å². The zero-order valence-corrected chi connectivity index (χ0v) is 17.9. The predicted molar refractivity (Wildman–Crippen MR) is 121 cm³/mol. The minimum Gasteiger partial charge on any atom is -0.487 e. The number of rotatable bonds is 5. The van der Waals surface area contributed by atoms with Crippen molar-refractivity contribution in [1.29, 1.82) is 0 Å². The first-order valence-electron chi connectivity index (χ1n) is 10.6. The number of carbonyl (C=O) groups is 1. The third-order valence-corrected chi connectivity index (χ3v) is 5.75. The Balaban J connectivity index is 1.58. The molecule has 1 amide bonds. The van der Waals surface area contributed by atoms with E-state index in [-0.39, 0.29) is 23.5 Å². The summed E-state index contributed by atoms with van der Waals surface area (Å²) in [6, 6.07) is 26.7. The van der Waals surface area contributed by atoms with Gasteiger partial charge < -0.3 is 10.1 Å². The Morgan fingerprint density at radius 3 is 2.20 bits per heavy atom. The first-order chi connectivity index (χ1) is 14.4. The van der Waals surface area contributed by atoms with Crippen LogP contribution >= 0.6 is 0 Å². The Morgan fingerprint density at radius 2 is 1.60 bits per heavy atom. The molecule has 3 heteroatoms. The van der Waals surface area contributed by atoms with Gasteiger partial charge in [-0.15, -0.1) is 0 Å². The lowest BCUT2D eigenvalue weighted by Gasteiger charge is -2.38. The van der Waals surface area contributed by atoms with E-state index >= 15 is 0 Å². The highest BCUT2D eigenvalue weighted by molar-refractivity contribution is 5.78. The molecular formula is C27H29NO2. The van der Waals surface area contributed by atoms with Gasteiger partial charge in [0.05, 0.1) is 6.04 Å². The summed E-state index contributed by atoms with van der Waals surface area (Å²) in [5.74, 6) is 0.949. The summed E-state index contributed by atoms with van der Waals surface area (Å²) in [6.45, 7) is 6.22. The zero-order chi connectivity index (χ0) is 21.1. The number of amides is 1. The van der Waals surface area contributed by atoms with Gasteiger partial charge in [0, 0.05) is 24.3 Å². The minimum atomic E-state index is -0.321. The quantitative estimate of drug-likeness (QED) is 0.577. The molecule has 1 aliphatic heterocycles. The summed E-state index contributed by atoms with van der Waals surface area (Å²) in [7, 11) is 0. The molecule has 0 aliphatic carbocycles. The monoisotopic (exact) mass is 399 g/mol. The first kappa shape index (κ1) is 20.2. The normalized spacial score (nSPS) is 17.1. The molecule has 30 heavy (non-hydrogen) atoms. The molecule has 1 heterocycles. The summed E-state index contributed by atoms with van der Waals surface area (Å²) in [5, 5.41) is 3.31. The number of fused-ring (bicyclic) bond motifs is 1. The average Bonchev–Trinajstić information content (AvgIpc) is 2.73. The second-order valence-corrected chi connectivity index (χ2v) is 8.81. The fourth-order valence-corrected chi connectivity index (χ4v) is 4.34. The number of ether oxygens (including phenoxy) is 1. The van der Waals surface area contributed by atoms with Gasteiger partial charge in [0.15, 0.2) is 0 Å². The van der Waals surface area contributed by atoms with Crippen LogP contribution in [0.25, 0.3) is 0 Å². The first-order valence-corrected chi connectivity index (χ1v) is 10.6. The minimum absolute atomic E-state index is 0.0252. The molecule has 1 unspecified atom stereocenters. The molecule has 1 atom stereocenters. The highest BCUT2D eigenvalue weighted by Crippen LogP contribution is 2.40. The van der Waals surface area contributed by atoms with E-state index in [2.05, 4.69) is 62.5 Å². The van der Waals surface area contributed by atoms with Crippen LogP contribution in [0.15, 0.2) is 78.9 Å². The molecule has 0 spiro atoms. The largest absolute Gasteiger partial charge is 0.487 e. The Kier molecular flexibility index (Phi) is 5.63. The molecular weight excluding hydrogens is 370 g/mol. The molecule has 1 aliphatic rings. The molecule has 0 saturated heterocycles. The molecule has 0 aromatic heterocycles. The van der Waals surface area contributed by atoms with Crippen LogP contribution in [0.4, 0.5) is 0 Å². The van der Waals surface area contributed by atoms with E-state index in [1.165, 1.54) is 5.56 Å². The number of carbonyl (C=O) groups excluding carboxylic acids is 1. The Morgan fingerprint density at radius 1 is 1.00 bits per heavy atom. The van der Waals surface area contributed by atoms with E-state index in [1.807, 2.05) is 42.5 Å². The van der Waals surface area contributed by atoms with Crippen LogP contribution in [0.3, 0.4) is 0 Å². The molecule has 0 fully saturated rings. The number of benzene rings is 3. The lowest BCUT2D eigenvalue weighted by Crippen LogP contribution is -2.41. The van der Waals surface area contributed by atoms with Crippen molar-refractivity contribution in [3.05, 3.63) is 101 Å². The van der Waals surface area contributed by atoms with E-state index in [9.17, 15) is 4.79 Å². The van der Waals surface area contributed by atoms with Crippen molar-refractivity contribution in [1.82, 2.24) is 5.32 Å². The van der Waals surface area contributed by atoms with Crippen LogP contribution < -0.4 is 10.1 Å². The van der Waals surface area contributed by atoms with Crippen LogP contribution in [0.1, 0.15) is 60.9 Å². The number of hydrogen-bond acceptors (Lipinski definition) is 2. The van der Waals surface area contributed by atoms with Crippen molar-refractivity contribution < 1.29 is 9.53 Å². The number of aryl methyl sites for hydroxylation is 1. The third-order valence-electron chi connectivity index (χ3n) is 5.75. The van der Waals surface area contributed by atoms with Crippen molar-refractivity contribution >= 4 is 5.91 Å². The maximum Gasteiger partial charge on any atom is 0.221 e. The number of nitrogens with one attached hydrogen (secondary N) is 1. The smallest absolute Gasteiger partial charge is 0.221 e. The van der Waals surface area contributed by atoms with Gasteiger partial charge in [-0.2, -0.15) is 0 Å². The molecule has 4 rings (SSSR count). The summed E-state index contributed by atoms with van der Waals surface area (Å²) < 4.78 is 6.15. The molecule has 0 saturated carbocycles. The fraction of sp³-hybridized carbons (Fsp3) is 0.296. The zero-order valence-electron chi connectivity index (χ0n) is 17.9. The van der Waals surface area contributed by atoms with E-state index in [4.69, 9.17) is 4.74 Å². The van der Waals surface area contributed by atoms with Crippen LogP contribution in [0.5, 0.6) is 5.75 Å². The second kappa shape index (κ2) is 8.35. The average molecular weight is 400 g/mol. The van der Waals surface area contributed by atoms with Crippen molar-refractivity contribution in [3.63, 3.8) is 0 Å². The summed E-state index contributed by atoms with van der Waals surface area (Å²) in [6.07, 6.45) is 1.16. The fourth-order valence-electron chi connectivity index (χ4n) is 4.34. The lowest BCUT2D eigenvalue weighted by atomic mass is 9.86. The van der Waals surface area contributed by atoms with Crippen molar-refractivity contribution in [3.8, 4) is 5.75 Å². The predicted octanol–water partition coefficient (Wildman–Crippen LogP) is 5.94. The Hall–Kier alpha value is -3.07. The van der Waals surface area contributed by atoms with Crippen LogP contribution in [0, 0.1) is 6.92 Å². The Labute approximate surface area is 179 Å². The second-order valence-electron chi connectivity index (χ2n) is 8.81. The van der Waals surface area contributed by atoms with Gasteiger partial charge in [0.1, 0.15) is 11.4 Å². The van der Waals surface area contributed by atoms with Gasteiger partial charge in [0.25, 0.3) is 0 Å². The standard InChI is InChI=1S/C27H29NO2/c1-19-14-15-25-23(16-19)24(18-27(2,3)30-25)28-26(29)17-22(20-10-6-4-7-11-20)21-12-8-5-9-13-21/h4-16,22,24H,17-18H2,1-3H3,(H,28,29). The van der Waals surface area contributed by atoms with Gasteiger partial charge in [-0.3, -0.25) is 4.79 Å². The van der Waals surface area contributed by atoms with Gasteiger partial charge in [-0.05, 0) is 38.0 Å². The SMILES string of the molecule is Cc1ccc2c(c1)C(NC(=O)CC(c1ccccc1)c1ccccc1)CC(C)(C)O2. The maximum absolute atomic E-state index is 13.2. The van der Waals surface area contributed by atoms with E-state index in [1.54, 1.807) is 0 Å². The van der Waals surface area contributed by atoms with Crippen LogP contribution in [-0.2, 0) is 4.79 Å². The van der Waals surface area contributed by atoms with Gasteiger partial charge in [0.2, 0.25) is 5.91 Å². The van der Waals surface area contributed by atoms with Gasteiger partial charge in [-0.1, -0.05) is 78.4 Å². The van der Waals surface area contributed by atoms with Crippen LogP contribution in [-0.4, -0.2) is 11.5 Å². The molecule has 0 bridgehead atoms. The molecule has 1 N–H and O–H groups in total. The van der Waals surface area contributed by atoms with E-state index in [0.717, 1.165) is 28.9 Å². The summed E-state index contributed by atoms with van der Waals surface area (Å²) in [4.78, 5) is 13.2. The summed E-state index contributed by atoms with van der Waals surface area (Å²) in [5.41, 5.74) is 4.23. The van der Waals surface area contributed by atoms with Gasteiger partial charge >= 0.3 is 0 Å².